The van der Waals surface area contributed by atoms with E-state index in [-0.39, 0.29) is 25.1 Å². The second-order valence-electron chi connectivity index (χ2n) is 7.57. The Balaban J connectivity index is 1.61. The first-order valence-electron chi connectivity index (χ1n) is 10.6. The van der Waals surface area contributed by atoms with Crippen molar-refractivity contribution < 1.29 is 28.3 Å². The Kier molecular flexibility index (Phi) is 6.83. The van der Waals surface area contributed by atoms with Crippen LogP contribution in [0.2, 0.25) is 0 Å². The summed E-state index contributed by atoms with van der Waals surface area (Å²) in [4.78, 5) is 54.7. The average Bonchev–Trinajstić information content (AvgIpc) is 3.45. The van der Waals surface area contributed by atoms with E-state index >= 15 is 0 Å². The lowest BCUT2D eigenvalue weighted by atomic mass is 10.1. The SMILES string of the molecule is CCOC(=O)c1ccc(N2C(=O)CC(N(Cc3cccs3)C(=O)c3ccc(F)cc3)C2=O)cc1. The first kappa shape index (κ1) is 23.3. The molecule has 1 atom stereocenters. The van der Waals surface area contributed by atoms with Gasteiger partial charge in [-0.25, -0.2) is 14.1 Å². The van der Waals surface area contributed by atoms with E-state index in [0.717, 1.165) is 9.78 Å². The number of carbonyl (C=O) groups excluding carboxylic acids is 4. The van der Waals surface area contributed by atoms with Crippen LogP contribution in [-0.4, -0.2) is 41.2 Å². The molecule has 4 rings (SSSR count). The van der Waals surface area contributed by atoms with Gasteiger partial charge in [-0.05, 0) is 66.9 Å². The summed E-state index contributed by atoms with van der Waals surface area (Å²) in [6, 6.07) is 13.7. The summed E-state index contributed by atoms with van der Waals surface area (Å²) in [6.07, 6.45) is -0.184. The highest BCUT2D eigenvalue weighted by molar-refractivity contribution is 7.09. The van der Waals surface area contributed by atoms with E-state index in [1.165, 1.54) is 64.8 Å². The van der Waals surface area contributed by atoms with Crippen molar-refractivity contribution in [3.05, 3.63) is 87.9 Å². The quantitative estimate of drug-likeness (QED) is 0.377. The normalized spacial score (nSPS) is 15.5. The number of halogens is 1. The maximum atomic E-state index is 13.4. The molecule has 0 bridgehead atoms. The van der Waals surface area contributed by atoms with E-state index in [2.05, 4.69) is 0 Å². The summed E-state index contributed by atoms with van der Waals surface area (Å²) in [5.41, 5.74) is 0.818. The second kappa shape index (κ2) is 9.96. The zero-order valence-corrected chi connectivity index (χ0v) is 19.1. The number of nitrogens with zero attached hydrogens (tertiary/aromatic N) is 2. The Hall–Kier alpha value is -3.85. The number of carbonyl (C=O) groups is 4. The van der Waals surface area contributed by atoms with Crippen molar-refractivity contribution in [1.82, 2.24) is 4.90 Å². The van der Waals surface area contributed by atoms with E-state index < -0.39 is 35.5 Å². The predicted octanol–water partition coefficient (Wildman–Crippen LogP) is 4.04. The highest BCUT2D eigenvalue weighted by atomic mass is 32.1. The smallest absolute Gasteiger partial charge is 0.338 e. The molecule has 3 amide bonds. The fourth-order valence-electron chi connectivity index (χ4n) is 3.74. The zero-order valence-electron chi connectivity index (χ0n) is 18.3. The molecule has 0 radical (unpaired) electrons. The van der Waals surface area contributed by atoms with Gasteiger partial charge in [-0.1, -0.05) is 6.07 Å². The van der Waals surface area contributed by atoms with Crippen LogP contribution in [0.3, 0.4) is 0 Å². The van der Waals surface area contributed by atoms with Gasteiger partial charge in [0.1, 0.15) is 11.9 Å². The van der Waals surface area contributed by atoms with Crippen LogP contribution >= 0.6 is 11.3 Å². The van der Waals surface area contributed by atoms with Crippen LogP contribution in [0.4, 0.5) is 10.1 Å². The fraction of sp³-hybridized carbons (Fsp3) is 0.200. The highest BCUT2D eigenvalue weighted by Gasteiger charge is 2.44. The second-order valence-corrected chi connectivity index (χ2v) is 8.61. The minimum absolute atomic E-state index is 0.132. The standard InChI is InChI=1S/C25H21FN2O5S/c1-2-33-25(32)17-7-11-19(12-8-17)28-22(29)14-21(24(28)31)27(15-20-4-3-13-34-20)23(30)16-5-9-18(26)10-6-16/h3-13,21H,2,14-15H2,1H3. The zero-order chi connectivity index (χ0) is 24.2. The van der Waals surface area contributed by atoms with Crippen molar-refractivity contribution in [2.45, 2.75) is 25.9 Å². The van der Waals surface area contributed by atoms with E-state index in [4.69, 9.17) is 4.74 Å². The number of imide groups is 1. The molecule has 1 fully saturated rings. The third-order valence-electron chi connectivity index (χ3n) is 5.39. The van der Waals surface area contributed by atoms with Gasteiger partial charge >= 0.3 is 5.97 Å². The Morgan fingerprint density at radius 2 is 1.74 bits per heavy atom. The molecule has 1 aromatic heterocycles. The molecule has 1 unspecified atom stereocenters. The monoisotopic (exact) mass is 480 g/mol. The van der Waals surface area contributed by atoms with Gasteiger partial charge in [-0.2, -0.15) is 0 Å². The van der Waals surface area contributed by atoms with E-state index in [1.54, 1.807) is 6.92 Å². The Morgan fingerprint density at radius 1 is 1.06 bits per heavy atom. The molecule has 0 N–H and O–H groups in total. The lowest BCUT2D eigenvalue weighted by Gasteiger charge is -2.27. The van der Waals surface area contributed by atoms with Gasteiger partial charge < -0.3 is 9.64 Å². The molecular weight excluding hydrogens is 459 g/mol. The third-order valence-corrected chi connectivity index (χ3v) is 6.26. The van der Waals surface area contributed by atoms with Crippen LogP contribution in [0.25, 0.3) is 0 Å². The number of esters is 1. The van der Waals surface area contributed by atoms with Gasteiger partial charge in [0.15, 0.2) is 0 Å². The molecule has 1 saturated heterocycles. The van der Waals surface area contributed by atoms with Crippen LogP contribution < -0.4 is 4.90 Å². The largest absolute Gasteiger partial charge is 0.462 e. The Labute approximate surface area is 199 Å². The van der Waals surface area contributed by atoms with Crippen molar-refractivity contribution in [2.75, 3.05) is 11.5 Å². The molecule has 3 aromatic rings. The molecule has 34 heavy (non-hydrogen) atoms. The molecule has 0 aliphatic carbocycles. The minimum Gasteiger partial charge on any atom is -0.462 e. The van der Waals surface area contributed by atoms with E-state index in [9.17, 15) is 23.6 Å². The maximum Gasteiger partial charge on any atom is 0.338 e. The average molecular weight is 481 g/mol. The molecule has 2 heterocycles. The lowest BCUT2D eigenvalue weighted by molar-refractivity contribution is -0.122. The number of anilines is 1. The number of ether oxygens (including phenoxy) is 1. The van der Waals surface area contributed by atoms with Gasteiger partial charge in [0, 0.05) is 10.4 Å². The lowest BCUT2D eigenvalue weighted by Crippen LogP contribution is -2.45. The number of thiophene rings is 1. The first-order chi connectivity index (χ1) is 16.4. The molecule has 9 heteroatoms. The molecule has 1 aliphatic rings. The Morgan fingerprint density at radius 3 is 2.35 bits per heavy atom. The van der Waals surface area contributed by atoms with Crippen molar-refractivity contribution in [3.63, 3.8) is 0 Å². The summed E-state index contributed by atoms with van der Waals surface area (Å²) in [6.45, 7) is 2.06. The minimum atomic E-state index is -1.02. The summed E-state index contributed by atoms with van der Waals surface area (Å²) in [5.74, 6) is -2.45. The van der Waals surface area contributed by atoms with E-state index in [0.29, 0.717) is 11.3 Å². The van der Waals surface area contributed by atoms with E-state index in [1.807, 2.05) is 17.5 Å². The molecule has 7 nitrogen and oxygen atoms in total. The molecule has 174 valence electrons. The summed E-state index contributed by atoms with van der Waals surface area (Å²) >= 11 is 1.43. The summed E-state index contributed by atoms with van der Waals surface area (Å²) in [7, 11) is 0. The van der Waals surface area contributed by atoms with Crippen molar-refractivity contribution >= 4 is 40.7 Å². The number of benzene rings is 2. The summed E-state index contributed by atoms with van der Waals surface area (Å²) in [5, 5.41) is 1.86. The molecule has 0 spiro atoms. The van der Waals surface area contributed by atoms with Crippen LogP contribution in [0.5, 0.6) is 0 Å². The number of hydrogen-bond acceptors (Lipinski definition) is 6. The van der Waals surface area contributed by atoms with Crippen molar-refractivity contribution in [1.29, 1.82) is 0 Å². The van der Waals surface area contributed by atoms with Gasteiger partial charge in [0.25, 0.3) is 11.8 Å². The third kappa shape index (κ3) is 4.74. The topological polar surface area (TPSA) is 84.0 Å². The molecule has 0 saturated carbocycles. The van der Waals surface area contributed by atoms with Crippen LogP contribution in [0, 0.1) is 5.82 Å². The van der Waals surface area contributed by atoms with Gasteiger partial charge in [-0.15, -0.1) is 11.3 Å². The fourth-order valence-corrected chi connectivity index (χ4v) is 4.45. The van der Waals surface area contributed by atoms with Gasteiger partial charge in [-0.3, -0.25) is 14.4 Å². The molecule has 1 aliphatic heterocycles. The van der Waals surface area contributed by atoms with Crippen LogP contribution in [0.15, 0.2) is 66.0 Å². The van der Waals surface area contributed by atoms with Gasteiger partial charge in [0.2, 0.25) is 5.91 Å². The van der Waals surface area contributed by atoms with Crippen molar-refractivity contribution in [3.8, 4) is 0 Å². The first-order valence-corrected chi connectivity index (χ1v) is 11.5. The number of amides is 3. The predicted molar refractivity (Wildman–Crippen MR) is 124 cm³/mol. The Bertz CT molecular complexity index is 1210. The highest BCUT2D eigenvalue weighted by Crippen LogP contribution is 2.29. The molecule has 2 aromatic carbocycles. The number of hydrogen-bond donors (Lipinski definition) is 0. The van der Waals surface area contributed by atoms with Gasteiger partial charge in [0.05, 0.1) is 30.8 Å². The van der Waals surface area contributed by atoms with Crippen LogP contribution in [0.1, 0.15) is 38.9 Å². The maximum absolute atomic E-state index is 13.4. The summed E-state index contributed by atoms with van der Waals surface area (Å²) < 4.78 is 18.3. The van der Waals surface area contributed by atoms with Crippen LogP contribution in [-0.2, 0) is 20.9 Å². The molecular formula is C25H21FN2O5S. The van der Waals surface area contributed by atoms with Crippen molar-refractivity contribution in [2.24, 2.45) is 0 Å². The number of rotatable bonds is 7.